The van der Waals surface area contributed by atoms with Crippen LogP contribution in [0, 0.1) is 0 Å². The Morgan fingerprint density at radius 2 is 1.56 bits per heavy atom. The smallest absolute Gasteiger partial charge is 0.143 e. The lowest BCUT2D eigenvalue weighted by molar-refractivity contribution is -0.104. The van der Waals surface area contributed by atoms with Gasteiger partial charge >= 0.3 is 0 Å². The zero-order valence-electron chi connectivity index (χ0n) is 10.2. The molecule has 0 atom stereocenters. The third-order valence-corrected chi connectivity index (χ3v) is 2.72. The quantitative estimate of drug-likeness (QED) is 0.603. The second-order valence-corrected chi connectivity index (χ2v) is 3.81. The van der Waals surface area contributed by atoms with Crippen LogP contribution in [0.3, 0.4) is 0 Å². The molecule has 0 aliphatic rings. The number of aldehydes is 1. The third kappa shape index (κ3) is 2.66. The second-order valence-electron chi connectivity index (χ2n) is 3.81. The van der Waals surface area contributed by atoms with E-state index in [0.717, 1.165) is 28.7 Å². The highest BCUT2D eigenvalue weighted by Crippen LogP contribution is 2.24. The molecule has 0 aliphatic heterocycles. The van der Waals surface area contributed by atoms with Crippen LogP contribution in [0.25, 0.3) is 5.57 Å². The molecule has 0 aliphatic carbocycles. The van der Waals surface area contributed by atoms with Gasteiger partial charge in [0, 0.05) is 0 Å². The summed E-state index contributed by atoms with van der Waals surface area (Å²) >= 11 is 0. The molecule has 0 fully saturated rings. The van der Waals surface area contributed by atoms with E-state index in [1.807, 2.05) is 54.6 Å². The zero-order valence-corrected chi connectivity index (χ0v) is 10.2. The number of methoxy groups -OCH3 is 1. The van der Waals surface area contributed by atoms with E-state index in [4.69, 9.17) is 4.74 Å². The van der Waals surface area contributed by atoms with Crippen molar-refractivity contribution < 1.29 is 9.53 Å². The summed E-state index contributed by atoms with van der Waals surface area (Å²) in [5.74, 6) is 0.803. The van der Waals surface area contributed by atoms with Crippen LogP contribution < -0.4 is 4.74 Å². The van der Waals surface area contributed by atoms with E-state index in [9.17, 15) is 4.79 Å². The normalized spacial score (nSPS) is 11.1. The molecule has 0 aromatic heterocycles. The maximum Gasteiger partial charge on any atom is 0.143 e. The van der Waals surface area contributed by atoms with Gasteiger partial charge in [0.2, 0.25) is 0 Å². The fraction of sp³-hybridized carbons (Fsp3) is 0.0625. The highest BCUT2D eigenvalue weighted by molar-refractivity contribution is 5.89. The molecule has 2 aromatic carbocycles. The molecule has 18 heavy (non-hydrogen) atoms. The molecule has 0 saturated heterocycles. The van der Waals surface area contributed by atoms with Gasteiger partial charge in [0.25, 0.3) is 0 Å². The summed E-state index contributed by atoms with van der Waals surface area (Å²) in [5, 5.41) is 0. The average Bonchev–Trinajstić information content (AvgIpc) is 2.46. The van der Waals surface area contributed by atoms with E-state index in [1.54, 1.807) is 13.2 Å². The highest BCUT2D eigenvalue weighted by atomic mass is 16.5. The summed E-state index contributed by atoms with van der Waals surface area (Å²) in [5.41, 5.74) is 2.93. The van der Waals surface area contributed by atoms with Gasteiger partial charge < -0.3 is 4.74 Å². The van der Waals surface area contributed by atoms with Gasteiger partial charge in [-0.15, -0.1) is 0 Å². The van der Waals surface area contributed by atoms with Crippen molar-refractivity contribution in [2.24, 2.45) is 0 Å². The SMILES string of the molecule is COc1ccc(C(=CC=O)c2ccccc2)cc1. The molecule has 0 heterocycles. The fourth-order valence-corrected chi connectivity index (χ4v) is 1.82. The Bertz CT molecular complexity index is 539. The van der Waals surface area contributed by atoms with Crippen LogP contribution in [-0.2, 0) is 4.79 Å². The zero-order chi connectivity index (χ0) is 12.8. The molecule has 0 amide bonds. The van der Waals surface area contributed by atoms with E-state index in [-0.39, 0.29) is 0 Å². The largest absolute Gasteiger partial charge is 0.497 e. The van der Waals surface area contributed by atoms with Crippen molar-refractivity contribution >= 4 is 11.9 Å². The van der Waals surface area contributed by atoms with Gasteiger partial charge in [0.1, 0.15) is 12.0 Å². The minimum absolute atomic E-state index is 0.803. The van der Waals surface area contributed by atoms with Crippen molar-refractivity contribution in [2.75, 3.05) is 7.11 Å². The van der Waals surface area contributed by atoms with Crippen LogP contribution in [0.1, 0.15) is 11.1 Å². The standard InChI is InChI=1S/C16H14O2/c1-18-15-9-7-14(8-10-15)16(11-12-17)13-5-3-2-4-6-13/h2-12H,1H3. The lowest BCUT2D eigenvalue weighted by Crippen LogP contribution is -1.89. The lowest BCUT2D eigenvalue weighted by Gasteiger charge is -2.08. The number of benzene rings is 2. The van der Waals surface area contributed by atoms with Crippen LogP contribution in [0.2, 0.25) is 0 Å². The molecule has 2 nitrogen and oxygen atoms in total. The molecular formula is C16H14O2. The van der Waals surface area contributed by atoms with Gasteiger partial charge in [-0.05, 0) is 34.9 Å². The summed E-state index contributed by atoms with van der Waals surface area (Å²) in [6.07, 6.45) is 2.39. The van der Waals surface area contributed by atoms with Crippen LogP contribution in [0.4, 0.5) is 0 Å². The molecule has 2 heteroatoms. The number of hydrogen-bond acceptors (Lipinski definition) is 2. The molecule has 0 unspecified atom stereocenters. The monoisotopic (exact) mass is 238 g/mol. The van der Waals surface area contributed by atoms with E-state index in [0.29, 0.717) is 0 Å². The van der Waals surface area contributed by atoms with Crippen molar-refractivity contribution in [3.05, 3.63) is 71.8 Å². The third-order valence-electron chi connectivity index (χ3n) is 2.72. The Morgan fingerprint density at radius 3 is 2.11 bits per heavy atom. The van der Waals surface area contributed by atoms with Gasteiger partial charge in [-0.3, -0.25) is 4.79 Å². The van der Waals surface area contributed by atoms with Crippen molar-refractivity contribution in [1.29, 1.82) is 0 Å². The van der Waals surface area contributed by atoms with Gasteiger partial charge in [-0.2, -0.15) is 0 Å². The molecule has 0 N–H and O–H groups in total. The predicted molar refractivity (Wildman–Crippen MR) is 72.6 cm³/mol. The van der Waals surface area contributed by atoms with E-state index in [1.165, 1.54) is 0 Å². The number of allylic oxidation sites excluding steroid dienone is 1. The first-order valence-electron chi connectivity index (χ1n) is 5.70. The fourth-order valence-electron chi connectivity index (χ4n) is 1.82. The minimum Gasteiger partial charge on any atom is -0.497 e. The topological polar surface area (TPSA) is 26.3 Å². The number of rotatable bonds is 4. The average molecular weight is 238 g/mol. The van der Waals surface area contributed by atoms with Crippen LogP contribution in [0.15, 0.2) is 60.7 Å². The van der Waals surface area contributed by atoms with Crippen LogP contribution >= 0.6 is 0 Å². The first-order valence-corrected chi connectivity index (χ1v) is 5.70. The van der Waals surface area contributed by atoms with E-state index >= 15 is 0 Å². The Labute approximate surface area is 107 Å². The molecule has 0 spiro atoms. The minimum atomic E-state index is 0.803. The van der Waals surface area contributed by atoms with Gasteiger partial charge in [0.05, 0.1) is 7.11 Å². The first kappa shape index (κ1) is 12.1. The summed E-state index contributed by atoms with van der Waals surface area (Å²) in [7, 11) is 1.63. The molecule has 0 radical (unpaired) electrons. The van der Waals surface area contributed by atoms with Crippen molar-refractivity contribution in [3.8, 4) is 5.75 Å². The van der Waals surface area contributed by atoms with Crippen LogP contribution in [0.5, 0.6) is 5.75 Å². The summed E-state index contributed by atoms with van der Waals surface area (Å²) < 4.78 is 5.13. The molecule has 2 aromatic rings. The van der Waals surface area contributed by atoms with E-state index < -0.39 is 0 Å². The lowest BCUT2D eigenvalue weighted by atomic mass is 9.98. The van der Waals surface area contributed by atoms with Crippen molar-refractivity contribution in [1.82, 2.24) is 0 Å². The number of carbonyl (C=O) groups is 1. The summed E-state index contributed by atoms with van der Waals surface area (Å²) in [6.45, 7) is 0. The van der Waals surface area contributed by atoms with Gasteiger partial charge in [-0.1, -0.05) is 42.5 Å². The molecule has 0 saturated carbocycles. The Balaban J connectivity index is 2.42. The second kappa shape index (κ2) is 5.82. The van der Waals surface area contributed by atoms with Gasteiger partial charge in [-0.25, -0.2) is 0 Å². The predicted octanol–water partition coefficient (Wildman–Crippen LogP) is 3.33. The Hall–Kier alpha value is -2.35. The summed E-state index contributed by atoms with van der Waals surface area (Å²) in [4.78, 5) is 10.8. The van der Waals surface area contributed by atoms with Crippen LogP contribution in [-0.4, -0.2) is 13.4 Å². The number of ether oxygens (including phenoxy) is 1. The Morgan fingerprint density at radius 1 is 0.944 bits per heavy atom. The number of carbonyl (C=O) groups excluding carboxylic acids is 1. The molecular weight excluding hydrogens is 224 g/mol. The van der Waals surface area contributed by atoms with Crippen molar-refractivity contribution in [2.45, 2.75) is 0 Å². The maximum absolute atomic E-state index is 10.8. The van der Waals surface area contributed by atoms with Gasteiger partial charge in [0.15, 0.2) is 0 Å². The van der Waals surface area contributed by atoms with Crippen molar-refractivity contribution in [3.63, 3.8) is 0 Å². The van der Waals surface area contributed by atoms with E-state index in [2.05, 4.69) is 0 Å². The molecule has 2 rings (SSSR count). The molecule has 0 bridgehead atoms. The first-order chi connectivity index (χ1) is 8.85. The molecule has 90 valence electrons. The summed E-state index contributed by atoms with van der Waals surface area (Å²) in [6, 6.07) is 17.5. The Kier molecular flexibility index (Phi) is 3.92. The number of hydrogen-bond donors (Lipinski definition) is 0. The maximum atomic E-state index is 10.8. The highest BCUT2D eigenvalue weighted by Gasteiger charge is 2.04.